The number of carboxylic acid groups (broad SMARTS) is 1. The number of aliphatic carboxylic acids is 1. The van der Waals surface area contributed by atoms with Crippen molar-refractivity contribution in [3.8, 4) is 0 Å². The van der Waals surface area contributed by atoms with Crippen molar-refractivity contribution < 1.29 is 20.1 Å². The van der Waals surface area contributed by atoms with Crippen LogP contribution in [0.1, 0.15) is 51.9 Å². The minimum Gasteiger partial charge on any atom is -0.479 e. The molecule has 0 aliphatic heterocycles. The average molecular weight is 218 g/mol. The minimum absolute atomic E-state index is 0.361. The summed E-state index contributed by atoms with van der Waals surface area (Å²) in [6.45, 7) is 2.15. The van der Waals surface area contributed by atoms with Crippen molar-refractivity contribution in [3.63, 3.8) is 0 Å². The van der Waals surface area contributed by atoms with Crippen LogP contribution >= 0.6 is 0 Å². The second-order valence-corrected chi connectivity index (χ2v) is 3.91. The van der Waals surface area contributed by atoms with E-state index in [4.69, 9.17) is 10.2 Å². The van der Waals surface area contributed by atoms with E-state index in [0.29, 0.717) is 6.42 Å². The smallest absolute Gasteiger partial charge is 0.335 e. The molecule has 0 heterocycles. The Bertz CT molecular complexity index is 170. The summed E-state index contributed by atoms with van der Waals surface area (Å²) in [6, 6.07) is 0. The van der Waals surface area contributed by atoms with Gasteiger partial charge < -0.3 is 15.3 Å². The predicted molar refractivity (Wildman–Crippen MR) is 57.6 cm³/mol. The zero-order valence-electron chi connectivity index (χ0n) is 9.35. The molecule has 0 saturated heterocycles. The van der Waals surface area contributed by atoms with Crippen LogP contribution in [-0.4, -0.2) is 33.5 Å². The fourth-order valence-corrected chi connectivity index (χ4v) is 1.46. The van der Waals surface area contributed by atoms with E-state index < -0.39 is 18.2 Å². The molecule has 0 aliphatic rings. The second-order valence-electron chi connectivity index (χ2n) is 3.91. The van der Waals surface area contributed by atoms with Crippen molar-refractivity contribution >= 4 is 5.97 Å². The molecule has 0 fully saturated rings. The van der Waals surface area contributed by atoms with E-state index in [9.17, 15) is 9.90 Å². The first-order chi connectivity index (χ1) is 7.09. The SMILES string of the molecule is CCCCCCCCC(O)C(O)C(=O)O. The van der Waals surface area contributed by atoms with Gasteiger partial charge in [0.2, 0.25) is 0 Å². The van der Waals surface area contributed by atoms with Gasteiger partial charge in [0, 0.05) is 0 Å². The third-order valence-corrected chi connectivity index (χ3v) is 2.47. The van der Waals surface area contributed by atoms with Gasteiger partial charge in [-0.15, -0.1) is 0 Å². The van der Waals surface area contributed by atoms with E-state index in [1.165, 1.54) is 19.3 Å². The standard InChI is InChI=1S/C11H22O4/c1-2-3-4-5-6-7-8-9(12)10(13)11(14)15/h9-10,12-13H,2-8H2,1H3,(H,14,15). The molecular weight excluding hydrogens is 196 g/mol. The molecule has 0 aromatic rings. The molecule has 90 valence electrons. The summed E-state index contributed by atoms with van der Waals surface area (Å²) in [5, 5.41) is 26.7. The highest BCUT2D eigenvalue weighted by atomic mass is 16.4. The third-order valence-electron chi connectivity index (χ3n) is 2.47. The van der Waals surface area contributed by atoms with Gasteiger partial charge in [0.1, 0.15) is 0 Å². The highest BCUT2D eigenvalue weighted by Gasteiger charge is 2.22. The van der Waals surface area contributed by atoms with Crippen LogP contribution in [0, 0.1) is 0 Å². The van der Waals surface area contributed by atoms with Crippen LogP contribution in [0.2, 0.25) is 0 Å². The van der Waals surface area contributed by atoms with Crippen LogP contribution in [0.15, 0.2) is 0 Å². The van der Waals surface area contributed by atoms with E-state index in [-0.39, 0.29) is 0 Å². The lowest BCUT2D eigenvalue weighted by molar-refractivity contribution is -0.153. The Hall–Kier alpha value is -0.610. The zero-order chi connectivity index (χ0) is 11.7. The summed E-state index contributed by atoms with van der Waals surface area (Å²) < 4.78 is 0. The molecular formula is C11H22O4. The molecule has 4 nitrogen and oxygen atoms in total. The van der Waals surface area contributed by atoms with Crippen LogP contribution in [0.5, 0.6) is 0 Å². The van der Waals surface area contributed by atoms with Crippen molar-refractivity contribution in [2.45, 2.75) is 64.1 Å². The largest absolute Gasteiger partial charge is 0.479 e. The van der Waals surface area contributed by atoms with E-state index in [1.54, 1.807) is 0 Å². The van der Waals surface area contributed by atoms with Gasteiger partial charge >= 0.3 is 5.97 Å². The normalized spacial score (nSPS) is 14.9. The lowest BCUT2D eigenvalue weighted by atomic mass is 10.0. The van der Waals surface area contributed by atoms with Gasteiger partial charge in [0.25, 0.3) is 0 Å². The fourth-order valence-electron chi connectivity index (χ4n) is 1.46. The third kappa shape index (κ3) is 7.33. The number of aliphatic hydroxyl groups excluding tert-OH is 2. The fraction of sp³-hybridized carbons (Fsp3) is 0.909. The van der Waals surface area contributed by atoms with Gasteiger partial charge in [-0.2, -0.15) is 0 Å². The molecule has 0 rings (SSSR count). The Morgan fingerprint density at radius 3 is 2.13 bits per heavy atom. The van der Waals surface area contributed by atoms with Crippen LogP contribution in [0.25, 0.3) is 0 Å². The Morgan fingerprint density at radius 1 is 1.07 bits per heavy atom. The molecule has 0 bridgehead atoms. The number of carboxylic acids is 1. The lowest BCUT2D eigenvalue weighted by Gasteiger charge is -2.13. The molecule has 0 aromatic heterocycles. The summed E-state index contributed by atoms with van der Waals surface area (Å²) in [6.07, 6.45) is 4.07. The lowest BCUT2D eigenvalue weighted by Crippen LogP contribution is -2.33. The minimum atomic E-state index is -1.64. The molecule has 15 heavy (non-hydrogen) atoms. The van der Waals surface area contributed by atoms with Gasteiger partial charge in [0.15, 0.2) is 6.10 Å². The number of rotatable bonds is 9. The summed E-state index contributed by atoms with van der Waals surface area (Å²) >= 11 is 0. The zero-order valence-corrected chi connectivity index (χ0v) is 9.35. The Morgan fingerprint density at radius 2 is 1.60 bits per heavy atom. The van der Waals surface area contributed by atoms with Crippen LogP contribution < -0.4 is 0 Å². The Labute approximate surface area is 90.9 Å². The maximum atomic E-state index is 10.3. The van der Waals surface area contributed by atoms with Gasteiger partial charge in [-0.3, -0.25) is 0 Å². The monoisotopic (exact) mass is 218 g/mol. The second kappa shape index (κ2) is 8.68. The molecule has 2 unspecified atom stereocenters. The van der Waals surface area contributed by atoms with Gasteiger partial charge in [-0.05, 0) is 6.42 Å². The first-order valence-corrected chi connectivity index (χ1v) is 5.68. The molecule has 0 aromatic carbocycles. The number of hydrogen-bond acceptors (Lipinski definition) is 3. The highest BCUT2D eigenvalue weighted by molar-refractivity contribution is 5.72. The quantitative estimate of drug-likeness (QED) is 0.513. The van der Waals surface area contributed by atoms with E-state index in [0.717, 1.165) is 19.3 Å². The van der Waals surface area contributed by atoms with Gasteiger partial charge in [-0.25, -0.2) is 4.79 Å². The molecule has 0 spiro atoms. The topological polar surface area (TPSA) is 77.8 Å². The molecule has 0 radical (unpaired) electrons. The number of unbranched alkanes of at least 4 members (excludes halogenated alkanes) is 5. The van der Waals surface area contributed by atoms with Crippen molar-refractivity contribution in [1.82, 2.24) is 0 Å². The van der Waals surface area contributed by atoms with Gasteiger partial charge in [-0.1, -0.05) is 45.4 Å². The van der Waals surface area contributed by atoms with Crippen LogP contribution in [0.3, 0.4) is 0 Å². The first-order valence-electron chi connectivity index (χ1n) is 5.68. The van der Waals surface area contributed by atoms with Gasteiger partial charge in [0.05, 0.1) is 6.10 Å². The number of hydrogen-bond donors (Lipinski definition) is 3. The average Bonchev–Trinajstić information content (AvgIpc) is 2.21. The molecule has 4 heteroatoms. The van der Waals surface area contributed by atoms with Crippen LogP contribution in [0.4, 0.5) is 0 Å². The Balaban J connectivity index is 3.38. The van der Waals surface area contributed by atoms with Crippen LogP contribution in [-0.2, 0) is 4.79 Å². The van der Waals surface area contributed by atoms with E-state index >= 15 is 0 Å². The van der Waals surface area contributed by atoms with E-state index in [2.05, 4.69) is 6.92 Å². The summed E-state index contributed by atoms with van der Waals surface area (Å²) in [5.74, 6) is -1.35. The van der Waals surface area contributed by atoms with Crippen molar-refractivity contribution in [1.29, 1.82) is 0 Å². The maximum absolute atomic E-state index is 10.3. The van der Waals surface area contributed by atoms with Crippen molar-refractivity contribution in [3.05, 3.63) is 0 Å². The highest BCUT2D eigenvalue weighted by Crippen LogP contribution is 2.10. The number of aliphatic hydroxyl groups is 2. The predicted octanol–water partition coefficient (Wildman–Crippen LogP) is 1.54. The summed E-state index contributed by atoms with van der Waals surface area (Å²) in [4.78, 5) is 10.3. The summed E-state index contributed by atoms with van der Waals surface area (Å²) in [5.41, 5.74) is 0. The van der Waals surface area contributed by atoms with Crippen molar-refractivity contribution in [2.24, 2.45) is 0 Å². The molecule has 0 amide bonds. The summed E-state index contributed by atoms with van der Waals surface area (Å²) in [7, 11) is 0. The first kappa shape index (κ1) is 14.4. The Kier molecular flexibility index (Phi) is 8.33. The molecule has 3 N–H and O–H groups in total. The van der Waals surface area contributed by atoms with E-state index in [1.807, 2.05) is 0 Å². The number of carbonyl (C=O) groups is 1. The van der Waals surface area contributed by atoms with Crippen molar-refractivity contribution in [2.75, 3.05) is 0 Å². The molecule has 2 atom stereocenters. The maximum Gasteiger partial charge on any atom is 0.335 e. The molecule has 0 saturated carbocycles. The molecule has 0 aliphatic carbocycles.